The highest BCUT2D eigenvalue weighted by Crippen LogP contribution is 2.20. The molecule has 0 saturated carbocycles. The summed E-state index contributed by atoms with van der Waals surface area (Å²) < 4.78 is 26.7. The van der Waals surface area contributed by atoms with Crippen LogP contribution >= 0.6 is 0 Å². The molecule has 4 nitrogen and oxygen atoms in total. The Labute approximate surface area is 150 Å². The molecule has 2 amide bonds. The van der Waals surface area contributed by atoms with Gasteiger partial charge in [-0.1, -0.05) is 13.0 Å². The molecule has 0 aromatic heterocycles. The minimum absolute atomic E-state index is 0.112. The van der Waals surface area contributed by atoms with Gasteiger partial charge in [-0.05, 0) is 49.1 Å². The molecule has 0 bridgehead atoms. The smallest absolute Gasteiger partial charge is 0.255 e. The van der Waals surface area contributed by atoms with Crippen molar-refractivity contribution in [3.8, 4) is 0 Å². The summed E-state index contributed by atoms with van der Waals surface area (Å²) >= 11 is 0. The number of hydrogen-bond acceptors (Lipinski definition) is 2. The molecule has 1 unspecified atom stereocenters. The third-order valence-corrected chi connectivity index (χ3v) is 4.50. The predicted octanol–water partition coefficient (Wildman–Crippen LogP) is 4.09. The first-order valence-corrected chi connectivity index (χ1v) is 8.60. The third-order valence-electron chi connectivity index (χ3n) is 4.50. The first kappa shape index (κ1) is 18.0. The predicted molar refractivity (Wildman–Crippen MR) is 95.1 cm³/mol. The molecule has 1 N–H and O–H groups in total. The number of likely N-dealkylation sites (tertiary alicyclic amines) is 1. The number of carbonyl (C=O) groups is 2. The van der Waals surface area contributed by atoms with Gasteiger partial charge in [-0.3, -0.25) is 9.59 Å². The molecule has 1 aliphatic rings. The fraction of sp³-hybridized carbons (Fsp3) is 0.300. The number of anilines is 1. The van der Waals surface area contributed by atoms with E-state index in [0.29, 0.717) is 30.6 Å². The SMILES string of the molecule is CC1CCCN(C(=O)c2cccc(C(=O)Nc3ccc(F)cc3F)c2)C1. The summed E-state index contributed by atoms with van der Waals surface area (Å²) in [5.41, 5.74) is 0.550. The van der Waals surface area contributed by atoms with E-state index in [-0.39, 0.29) is 17.2 Å². The number of hydrogen-bond donors (Lipinski definition) is 1. The van der Waals surface area contributed by atoms with Gasteiger partial charge in [-0.15, -0.1) is 0 Å². The standard InChI is InChI=1S/C20H20F2N2O2/c1-13-4-3-9-24(12-13)20(26)15-6-2-5-14(10-15)19(25)23-18-8-7-16(21)11-17(18)22/h2,5-8,10-11,13H,3-4,9,12H2,1H3,(H,23,25). The molecule has 1 fully saturated rings. The zero-order valence-corrected chi connectivity index (χ0v) is 14.5. The molecule has 136 valence electrons. The number of carbonyl (C=O) groups excluding carboxylic acids is 2. The second-order valence-corrected chi connectivity index (χ2v) is 6.66. The van der Waals surface area contributed by atoms with Crippen LogP contribution in [0.3, 0.4) is 0 Å². The maximum absolute atomic E-state index is 13.7. The van der Waals surface area contributed by atoms with Gasteiger partial charge in [0.1, 0.15) is 11.6 Å². The number of nitrogens with one attached hydrogen (secondary N) is 1. The topological polar surface area (TPSA) is 49.4 Å². The molecule has 1 aliphatic heterocycles. The highest BCUT2D eigenvalue weighted by molar-refractivity contribution is 6.06. The van der Waals surface area contributed by atoms with E-state index >= 15 is 0 Å². The van der Waals surface area contributed by atoms with Crippen LogP contribution < -0.4 is 5.32 Å². The lowest BCUT2D eigenvalue weighted by molar-refractivity contribution is 0.0683. The molecule has 6 heteroatoms. The van der Waals surface area contributed by atoms with Gasteiger partial charge in [-0.25, -0.2) is 8.78 Å². The summed E-state index contributed by atoms with van der Waals surface area (Å²) in [5, 5.41) is 2.40. The molecule has 0 radical (unpaired) electrons. The number of nitrogens with zero attached hydrogens (tertiary/aromatic N) is 1. The first-order chi connectivity index (χ1) is 12.4. The second kappa shape index (κ2) is 7.64. The van der Waals surface area contributed by atoms with Crippen molar-refractivity contribution in [3.63, 3.8) is 0 Å². The largest absolute Gasteiger partial charge is 0.338 e. The van der Waals surface area contributed by atoms with Gasteiger partial charge in [0.15, 0.2) is 0 Å². The average molecular weight is 358 g/mol. The first-order valence-electron chi connectivity index (χ1n) is 8.60. The Morgan fingerprint density at radius 1 is 1.12 bits per heavy atom. The zero-order chi connectivity index (χ0) is 18.7. The van der Waals surface area contributed by atoms with Crippen LogP contribution in [-0.2, 0) is 0 Å². The van der Waals surface area contributed by atoms with Crippen molar-refractivity contribution in [1.82, 2.24) is 4.90 Å². The van der Waals surface area contributed by atoms with Gasteiger partial charge in [0, 0.05) is 30.3 Å². The van der Waals surface area contributed by atoms with Crippen LogP contribution in [0.15, 0.2) is 42.5 Å². The summed E-state index contributed by atoms with van der Waals surface area (Å²) in [7, 11) is 0. The molecular formula is C20H20F2N2O2. The summed E-state index contributed by atoms with van der Waals surface area (Å²) in [4.78, 5) is 26.8. The van der Waals surface area contributed by atoms with E-state index in [2.05, 4.69) is 12.2 Å². The number of benzene rings is 2. The Bertz CT molecular complexity index is 838. The molecule has 0 spiro atoms. The summed E-state index contributed by atoms with van der Waals surface area (Å²) in [5.74, 6) is -1.78. The molecular weight excluding hydrogens is 338 g/mol. The lowest BCUT2D eigenvalue weighted by Gasteiger charge is -2.31. The van der Waals surface area contributed by atoms with Crippen LogP contribution in [0.1, 0.15) is 40.5 Å². The number of halogens is 2. The van der Waals surface area contributed by atoms with E-state index in [0.717, 1.165) is 25.0 Å². The van der Waals surface area contributed by atoms with Gasteiger partial charge >= 0.3 is 0 Å². The van der Waals surface area contributed by atoms with Gasteiger partial charge in [-0.2, -0.15) is 0 Å². The maximum Gasteiger partial charge on any atom is 0.255 e. The van der Waals surface area contributed by atoms with Crippen LogP contribution in [0.5, 0.6) is 0 Å². The van der Waals surface area contributed by atoms with Crippen molar-refractivity contribution in [1.29, 1.82) is 0 Å². The van der Waals surface area contributed by atoms with Crippen molar-refractivity contribution < 1.29 is 18.4 Å². The van der Waals surface area contributed by atoms with Crippen molar-refractivity contribution >= 4 is 17.5 Å². The Hall–Kier alpha value is -2.76. The van der Waals surface area contributed by atoms with Crippen molar-refractivity contribution in [2.75, 3.05) is 18.4 Å². The normalized spacial score (nSPS) is 17.0. The van der Waals surface area contributed by atoms with Crippen LogP contribution in [0.4, 0.5) is 14.5 Å². The van der Waals surface area contributed by atoms with E-state index < -0.39 is 17.5 Å². The van der Waals surface area contributed by atoms with Gasteiger partial charge in [0.2, 0.25) is 0 Å². The summed E-state index contributed by atoms with van der Waals surface area (Å²) in [6.07, 6.45) is 2.08. The molecule has 1 saturated heterocycles. The van der Waals surface area contributed by atoms with E-state index in [1.54, 1.807) is 23.1 Å². The fourth-order valence-electron chi connectivity index (χ4n) is 3.14. The Kier molecular flexibility index (Phi) is 5.30. The van der Waals surface area contributed by atoms with Gasteiger partial charge in [0.25, 0.3) is 11.8 Å². The van der Waals surface area contributed by atoms with E-state index in [9.17, 15) is 18.4 Å². The Morgan fingerprint density at radius 3 is 2.62 bits per heavy atom. The molecule has 3 rings (SSSR count). The fourth-order valence-corrected chi connectivity index (χ4v) is 3.14. The molecule has 0 aliphatic carbocycles. The van der Waals surface area contributed by atoms with Gasteiger partial charge in [0.05, 0.1) is 5.69 Å². The second-order valence-electron chi connectivity index (χ2n) is 6.66. The molecule has 2 aromatic carbocycles. The maximum atomic E-state index is 13.7. The van der Waals surface area contributed by atoms with E-state index in [1.165, 1.54) is 6.07 Å². The van der Waals surface area contributed by atoms with Gasteiger partial charge < -0.3 is 10.2 Å². The third kappa shape index (κ3) is 4.07. The van der Waals surface area contributed by atoms with Crippen LogP contribution in [0, 0.1) is 17.6 Å². The molecule has 1 atom stereocenters. The van der Waals surface area contributed by atoms with Crippen LogP contribution in [0.2, 0.25) is 0 Å². The molecule has 2 aromatic rings. The quantitative estimate of drug-likeness (QED) is 0.898. The number of piperidine rings is 1. The molecule has 1 heterocycles. The zero-order valence-electron chi connectivity index (χ0n) is 14.5. The van der Waals surface area contributed by atoms with Crippen LogP contribution in [0.25, 0.3) is 0 Å². The molecule has 26 heavy (non-hydrogen) atoms. The van der Waals surface area contributed by atoms with Crippen LogP contribution in [-0.4, -0.2) is 29.8 Å². The van der Waals surface area contributed by atoms with Crippen molar-refractivity contribution in [3.05, 3.63) is 65.2 Å². The Morgan fingerprint density at radius 2 is 1.88 bits per heavy atom. The Balaban J connectivity index is 1.75. The minimum atomic E-state index is -0.854. The average Bonchev–Trinajstić information content (AvgIpc) is 2.63. The highest BCUT2D eigenvalue weighted by Gasteiger charge is 2.22. The minimum Gasteiger partial charge on any atom is -0.338 e. The van der Waals surface area contributed by atoms with E-state index in [1.807, 2.05) is 0 Å². The summed E-state index contributed by atoms with van der Waals surface area (Å²) in [6, 6.07) is 9.26. The van der Waals surface area contributed by atoms with Crippen molar-refractivity contribution in [2.24, 2.45) is 5.92 Å². The highest BCUT2D eigenvalue weighted by atomic mass is 19.1. The lowest BCUT2D eigenvalue weighted by Crippen LogP contribution is -2.39. The lowest BCUT2D eigenvalue weighted by atomic mass is 9.99. The monoisotopic (exact) mass is 358 g/mol. The summed E-state index contributed by atoms with van der Waals surface area (Å²) in [6.45, 7) is 3.52. The van der Waals surface area contributed by atoms with E-state index in [4.69, 9.17) is 0 Å². The van der Waals surface area contributed by atoms with Crippen molar-refractivity contribution in [2.45, 2.75) is 19.8 Å². The number of amides is 2. The number of rotatable bonds is 3.